The van der Waals surface area contributed by atoms with Crippen molar-refractivity contribution < 1.29 is 9.47 Å². The summed E-state index contributed by atoms with van der Waals surface area (Å²) in [6, 6.07) is 17.3. The summed E-state index contributed by atoms with van der Waals surface area (Å²) in [4.78, 5) is 23.8. The minimum atomic E-state index is -0.0812. The van der Waals surface area contributed by atoms with E-state index in [4.69, 9.17) is 26.1 Å². The summed E-state index contributed by atoms with van der Waals surface area (Å²) >= 11 is 9.24. The molecule has 6 rings (SSSR count). The second-order valence-electron chi connectivity index (χ2n) is 7.49. The lowest BCUT2D eigenvalue weighted by molar-refractivity contribution is 0.174. The van der Waals surface area contributed by atoms with Gasteiger partial charge in [-0.25, -0.2) is 9.97 Å². The van der Waals surface area contributed by atoms with Gasteiger partial charge in [0.1, 0.15) is 9.53 Å². The average molecular weight is 494 g/mol. The van der Waals surface area contributed by atoms with E-state index in [1.807, 2.05) is 54.6 Å². The van der Waals surface area contributed by atoms with Crippen LogP contribution in [0.15, 0.2) is 70.7 Å². The van der Waals surface area contributed by atoms with Crippen molar-refractivity contribution in [2.75, 3.05) is 6.79 Å². The number of rotatable bonds is 5. The summed E-state index contributed by atoms with van der Waals surface area (Å²) in [6.07, 6.45) is 1.73. The highest BCUT2D eigenvalue weighted by atomic mass is 35.5. The van der Waals surface area contributed by atoms with Crippen LogP contribution >= 0.6 is 34.7 Å². The molecule has 33 heavy (non-hydrogen) atoms. The molecule has 0 bridgehead atoms. The lowest BCUT2D eigenvalue weighted by Gasteiger charge is -2.13. The topological polar surface area (TPSA) is 66.2 Å². The Kier molecular flexibility index (Phi) is 5.21. The molecule has 0 spiro atoms. The fourth-order valence-electron chi connectivity index (χ4n) is 3.77. The van der Waals surface area contributed by atoms with Crippen LogP contribution in [-0.2, 0) is 12.3 Å². The molecule has 0 radical (unpaired) electrons. The molecule has 6 nitrogen and oxygen atoms in total. The van der Waals surface area contributed by atoms with E-state index in [0.29, 0.717) is 44.2 Å². The minimum Gasteiger partial charge on any atom is -0.454 e. The van der Waals surface area contributed by atoms with Gasteiger partial charge in [-0.05, 0) is 41.5 Å². The van der Waals surface area contributed by atoms with Gasteiger partial charge in [-0.3, -0.25) is 9.36 Å². The van der Waals surface area contributed by atoms with Crippen LogP contribution in [0.1, 0.15) is 11.1 Å². The third kappa shape index (κ3) is 3.74. The zero-order chi connectivity index (χ0) is 22.4. The summed E-state index contributed by atoms with van der Waals surface area (Å²) in [6.45, 7) is 0.574. The first-order valence-corrected chi connectivity index (χ1v) is 12.4. The number of benzene rings is 2. The quantitative estimate of drug-likeness (QED) is 0.230. The van der Waals surface area contributed by atoms with Gasteiger partial charge < -0.3 is 9.47 Å². The molecule has 9 heteroatoms. The summed E-state index contributed by atoms with van der Waals surface area (Å²) in [7, 11) is 0. The highest BCUT2D eigenvalue weighted by Crippen LogP contribution is 2.34. The number of thioether (sulfide) groups is 1. The average Bonchev–Trinajstić information content (AvgIpc) is 3.45. The maximum atomic E-state index is 13.6. The minimum absolute atomic E-state index is 0.0812. The summed E-state index contributed by atoms with van der Waals surface area (Å²) in [5.41, 5.74) is 2.53. The smallest absolute Gasteiger partial charge is 0.272 e. The molecule has 0 aliphatic carbocycles. The normalized spacial score (nSPS) is 12.6. The van der Waals surface area contributed by atoms with Gasteiger partial charge in [-0.2, -0.15) is 0 Å². The Balaban J connectivity index is 1.47. The van der Waals surface area contributed by atoms with Crippen molar-refractivity contribution in [1.82, 2.24) is 14.5 Å². The number of halogens is 1. The standard InChI is InChI=1S/C24H16ClN3O3S2/c25-17-6-2-1-4-15(17)12-32-24-27-20-16-5-3-9-26-22(16)33-21(20)23(29)28(24)11-14-7-8-18-19(10-14)31-13-30-18/h1-10H,11-13H2. The molecule has 2 aromatic carbocycles. The van der Waals surface area contributed by atoms with Crippen molar-refractivity contribution in [2.45, 2.75) is 17.5 Å². The molecule has 0 fully saturated rings. The SMILES string of the molecule is O=c1c2sc3ncccc3c2nc(SCc2ccccc2Cl)n1Cc1ccc2c(c1)OCO2. The summed E-state index contributed by atoms with van der Waals surface area (Å²) in [5.74, 6) is 1.99. The van der Waals surface area contributed by atoms with Crippen LogP contribution in [0.25, 0.3) is 20.4 Å². The van der Waals surface area contributed by atoms with Gasteiger partial charge in [0.15, 0.2) is 16.7 Å². The number of thiophene rings is 1. The second-order valence-corrected chi connectivity index (χ2v) is 9.84. The van der Waals surface area contributed by atoms with Gasteiger partial charge in [-0.1, -0.05) is 47.6 Å². The van der Waals surface area contributed by atoms with Crippen LogP contribution in [0, 0.1) is 0 Å². The van der Waals surface area contributed by atoms with Crippen LogP contribution in [-0.4, -0.2) is 21.3 Å². The Bertz CT molecular complexity index is 1580. The van der Waals surface area contributed by atoms with E-state index >= 15 is 0 Å². The van der Waals surface area contributed by atoms with Gasteiger partial charge >= 0.3 is 0 Å². The molecule has 1 aliphatic rings. The maximum Gasteiger partial charge on any atom is 0.272 e. The molecule has 4 heterocycles. The van der Waals surface area contributed by atoms with Gasteiger partial charge in [0, 0.05) is 22.4 Å². The molecular formula is C24H16ClN3O3S2. The second kappa shape index (κ2) is 8.37. The zero-order valence-electron chi connectivity index (χ0n) is 17.2. The number of fused-ring (bicyclic) bond motifs is 4. The molecule has 0 unspecified atom stereocenters. The van der Waals surface area contributed by atoms with Crippen LogP contribution in [0.5, 0.6) is 11.5 Å². The third-order valence-electron chi connectivity index (χ3n) is 5.41. The van der Waals surface area contributed by atoms with E-state index in [1.165, 1.54) is 23.1 Å². The van der Waals surface area contributed by atoms with Crippen molar-refractivity contribution in [2.24, 2.45) is 0 Å². The lowest BCUT2D eigenvalue weighted by Crippen LogP contribution is -2.23. The predicted octanol–water partition coefficient (Wildman–Crippen LogP) is 5.73. The summed E-state index contributed by atoms with van der Waals surface area (Å²) in [5, 5.41) is 2.22. The van der Waals surface area contributed by atoms with Gasteiger partial charge in [0.05, 0.1) is 12.1 Å². The molecule has 1 aliphatic heterocycles. The van der Waals surface area contributed by atoms with Gasteiger partial charge in [0.2, 0.25) is 6.79 Å². The number of pyridine rings is 1. The van der Waals surface area contributed by atoms with Crippen molar-refractivity contribution in [1.29, 1.82) is 0 Å². The van der Waals surface area contributed by atoms with E-state index < -0.39 is 0 Å². The fourth-order valence-corrected chi connectivity index (χ4v) is 6.08. The van der Waals surface area contributed by atoms with E-state index in [1.54, 1.807) is 10.8 Å². The lowest BCUT2D eigenvalue weighted by atomic mass is 10.2. The van der Waals surface area contributed by atoms with E-state index in [2.05, 4.69) is 4.98 Å². The van der Waals surface area contributed by atoms with Gasteiger partial charge in [0.25, 0.3) is 5.56 Å². The third-order valence-corrected chi connectivity index (χ3v) is 7.89. The number of nitrogens with zero attached hydrogens (tertiary/aromatic N) is 3. The first-order chi connectivity index (χ1) is 16.2. The Morgan fingerprint density at radius 1 is 1.09 bits per heavy atom. The van der Waals surface area contributed by atoms with Crippen molar-refractivity contribution in [3.8, 4) is 11.5 Å². The Morgan fingerprint density at radius 3 is 2.88 bits per heavy atom. The van der Waals surface area contributed by atoms with E-state index in [9.17, 15) is 4.79 Å². The molecule has 0 amide bonds. The number of aromatic nitrogens is 3. The van der Waals surface area contributed by atoms with Crippen LogP contribution in [0.2, 0.25) is 5.02 Å². The summed E-state index contributed by atoms with van der Waals surface area (Å²) < 4.78 is 13.3. The van der Waals surface area contributed by atoms with E-state index in [-0.39, 0.29) is 12.4 Å². The monoisotopic (exact) mass is 493 g/mol. The number of ether oxygens (including phenoxy) is 2. The van der Waals surface area contributed by atoms with Gasteiger partial charge in [-0.15, -0.1) is 11.3 Å². The molecule has 0 N–H and O–H groups in total. The highest BCUT2D eigenvalue weighted by Gasteiger charge is 2.19. The highest BCUT2D eigenvalue weighted by molar-refractivity contribution is 7.98. The maximum absolute atomic E-state index is 13.6. The van der Waals surface area contributed by atoms with E-state index in [0.717, 1.165) is 21.3 Å². The Morgan fingerprint density at radius 2 is 1.97 bits per heavy atom. The zero-order valence-corrected chi connectivity index (χ0v) is 19.5. The number of hydrogen-bond donors (Lipinski definition) is 0. The molecule has 3 aromatic heterocycles. The fraction of sp³-hybridized carbons (Fsp3) is 0.125. The molecule has 164 valence electrons. The Labute approximate surface area is 201 Å². The van der Waals surface area contributed by atoms with Crippen LogP contribution in [0.3, 0.4) is 0 Å². The molecule has 0 saturated heterocycles. The molecule has 0 saturated carbocycles. The van der Waals surface area contributed by atoms with Crippen molar-refractivity contribution >= 4 is 55.1 Å². The first kappa shape index (κ1) is 20.5. The van der Waals surface area contributed by atoms with Crippen molar-refractivity contribution in [3.63, 3.8) is 0 Å². The largest absolute Gasteiger partial charge is 0.454 e. The molecule has 5 aromatic rings. The predicted molar refractivity (Wildman–Crippen MR) is 132 cm³/mol. The first-order valence-electron chi connectivity index (χ1n) is 10.2. The Hall–Kier alpha value is -3.07. The van der Waals surface area contributed by atoms with Crippen molar-refractivity contribution in [3.05, 3.63) is 87.3 Å². The van der Waals surface area contributed by atoms with Crippen LogP contribution in [0.4, 0.5) is 0 Å². The molecule has 0 atom stereocenters. The van der Waals surface area contributed by atoms with Crippen LogP contribution < -0.4 is 15.0 Å². The number of hydrogen-bond acceptors (Lipinski definition) is 7. The molecular weight excluding hydrogens is 478 g/mol.